The Morgan fingerprint density at radius 2 is 2.13 bits per heavy atom. The van der Waals surface area contributed by atoms with Crippen molar-refractivity contribution in [3.05, 3.63) is 30.1 Å². The molecule has 1 aliphatic carbocycles. The molecule has 1 spiro atoms. The maximum absolute atomic E-state index is 13.6. The maximum Gasteiger partial charge on any atom is 0.325 e. The summed E-state index contributed by atoms with van der Waals surface area (Å²) in [5.74, 6) is 0.276. The summed E-state index contributed by atoms with van der Waals surface area (Å²) in [5.41, 5.74) is -0.710. The topological polar surface area (TPSA) is 49.4 Å². The van der Waals surface area contributed by atoms with Crippen LogP contribution in [0, 0.1) is 11.7 Å². The van der Waals surface area contributed by atoms with E-state index in [4.69, 9.17) is 0 Å². The lowest BCUT2D eigenvalue weighted by atomic mass is 9.73. The highest BCUT2D eigenvalue weighted by Crippen LogP contribution is 2.38. The lowest BCUT2D eigenvalue weighted by molar-refractivity contribution is -0.134. The van der Waals surface area contributed by atoms with Gasteiger partial charge in [0.05, 0.1) is 0 Å². The number of halogens is 1. The second kappa shape index (κ2) is 6.51. The number of carbonyl (C=O) groups excluding carboxylic acids is 2. The third-order valence-corrected chi connectivity index (χ3v) is 5.94. The molecule has 2 aliphatic rings. The first-order valence-corrected chi connectivity index (χ1v) is 9.04. The normalized spacial score (nSPS) is 27.6. The van der Waals surface area contributed by atoms with Gasteiger partial charge in [-0.3, -0.25) is 9.69 Å². The van der Waals surface area contributed by atoms with Gasteiger partial charge in [0.2, 0.25) is 0 Å². The van der Waals surface area contributed by atoms with Crippen LogP contribution in [0.25, 0.3) is 0 Å². The molecule has 124 valence electrons. The molecule has 23 heavy (non-hydrogen) atoms. The fourth-order valence-corrected chi connectivity index (χ4v) is 4.38. The zero-order valence-electron chi connectivity index (χ0n) is 13.2. The standard InChI is InChI=1S/C17H21FN2O2S/c1-12-6-4-5-9-17(12)15(21)20(16(22)19-17)10-11-23-14-8-3-2-7-13(14)18/h2-3,7-8,12H,4-6,9-11H2,1H3,(H,19,22)/t12-,17+/m0/s1. The van der Waals surface area contributed by atoms with Crippen LogP contribution in [0.4, 0.5) is 9.18 Å². The molecule has 1 aliphatic heterocycles. The summed E-state index contributed by atoms with van der Waals surface area (Å²) >= 11 is 1.32. The van der Waals surface area contributed by atoms with E-state index in [-0.39, 0.29) is 23.7 Å². The first-order valence-electron chi connectivity index (χ1n) is 8.06. The number of thioether (sulfide) groups is 1. The van der Waals surface area contributed by atoms with Crippen molar-refractivity contribution in [3.63, 3.8) is 0 Å². The highest BCUT2D eigenvalue weighted by Gasteiger charge is 2.54. The smallest absolute Gasteiger partial charge is 0.323 e. The number of carbonyl (C=O) groups is 2. The number of hydrogen-bond donors (Lipinski definition) is 1. The van der Waals surface area contributed by atoms with E-state index >= 15 is 0 Å². The van der Waals surface area contributed by atoms with E-state index in [1.165, 1.54) is 22.7 Å². The Hall–Kier alpha value is -1.56. The molecule has 1 heterocycles. The van der Waals surface area contributed by atoms with Crippen LogP contribution in [0.1, 0.15) is 32.6 Å². The molecule has 0 unspecified atom stereocenters. The molecule has 1 saturated carbocycles. The van der Waals surface area contributed by atoms with Gasteiger partial charge in [0, 0.05) is 17.2 Å². The van der Waals surface area contributed by atoms with Crippen molar-refractivity contribution in [1.29, 1.82) is 0 Å². The third kappa shape index (κ3) is 2.96. The number of hydrogen-bond acceptors (Lipinski definition) is 3. The van der Waals surface area contributed by atoms with Crippen LogP contribution < -0.4 is 5.32 Å². The molecule has 2 atom stereocenters. The van der Waals surface area contributed by atoms with Crippen LogP contribution in [-0.4, -0.2) is 34.7 Å². The van der Waals surface area contributed by atoms with E-state index in [2.05, 4.69) is 5.32 Å². The summed E-state index contributed by atoms with van der Waals surface area (Å²) < 4.78 is 13.6. The van der Waals surface area contributed by atoms with Crippen LogP contribution in [-0.2, 0) is 4.79 Å². The minimum atomic E-state index is -0.710. The number of benzene rings is 1. The molecule has 1 saturated heterocycles. The van der Waals surface area contributed by atoms with E-state index in [1.54, 1.807) is 18.2 Å². The summed E-state index contributed by atoms with van der Waals surface area (Å²) in [6.07, 6.45) is 3.75. The fraction of sp³-hybridized carbons (Fsp3) is 0.529. The average molecular weight is 336 g/mol. The minimum Gasteiger partial charge on any atom is -0.323 e. The van der Waals surface area contributed by atoms with Crippen molar-refractivity contribution >= 4 is 23.7 Å². The van der Waals surface area contributed by atoms with Crippen molar-refractivity contribution in [1.82, 2.24) is 10.2 Å². The molecule has 6 heteroatoms. The molecule has 3 amide bonds. The van der Waals surface area contributed by atoms with Crippen molar-refractivity contribution in [3.8, 4) is 0 Å². The lowest BCUT2D eigenvalue weighted by Gasteiger charge is -2.36. The van der Waals surface area contributed by atoms with Gasteiger partial charge in [0.1, 0.15) is 11.4 Å². The Morgan fingerprint density at radius 3 is 2.87 bits per heavy atom. The molecule has 0 bridgehead atoms. The van der Waals surface area contributed by atoms with Crippen LogP contribution >= 0.6 is 11.8 Å². The van der Waals surface area contributed by atoms with Gasteiger partial charge < -0.3 is 5.32 Å². The number of nitrogens with zero attached hydrogens (tertiary/aromatic N) is 1. The predicted molar refractivity (Wildman–Crippen MR) is 87.7 cm³/mol. The largest absolute Gasteiger partial charge is 0.325 e. The molecule has 0 aromatic heterocycles. The Kier molecular flexibility index (Phi) is 4.62. The summed E-state index contributed by atoms with van der Waals surface area (Å²) in [7, 11) is 0. The quantitative estimate of drug-likeness (QED) is 0.677. The van der Waals surface area contributed by atoms with Gasteiger partial charge >= 0.3 is 6.03 Å². The van der Waals surface area contributed by atoms with Gasteiger partial charge in [0.15, 0.2) is 0 Å². The predicted octanol–water partition coefficient (Wildman–Crippen LogP) is 3.42. The Morgan fingerprint density at radius 1 is 1.35 bits per heavy atom. The first kappa shape index (κ1) is 16.3. The zero-order chi connectivity index (χ0) is 16.4. The van der Waals surface area contributed by atoms with E-state index in [0.717, 1.165) is 25.7 Å². The van der Waals surface area contributed by atoms with Gasteiger partial charge in [-0.15, -0.1) is 11.8 Å². The van der Waals surface area contributed by atoms with Crippen LogP contribution in [0.15, 0.2) is 29.2 Å². The number of amides is 3. The Balaban J connectivity index is 1.63. The van der Waals surface area contributed by atoms with E-state index in [1.807, 2.05) is 6.92 Å². The van der Waals surface area contributed by atoms with Crippen molar-refractivity contribution in [2.75, 3.05) is 12.3 Å². The highest BCUT2D eigenvalue weighted by molar-refractivity contribution is 7.99. The molecular weight excluding hydrogens is 315 g/mol. The van der Waals surface area contributed by atoms with Crippen LogP contribution in [0.3, 0.4) is 0 Å². The summed E-state index contributed by atoms with van der Waals surface area (Å²) in [5, 5.41) is 2.93. The second-order valence-corrected chi connectivity index (χ2v) is 7.42. The molecule has 1 N–H and O–H groups in total. The number of imide groups is 1. The molecule has 0 radical (unpaired) electrons. The first-order chi connectivity index (χ1) is 11.0. The van der Waals surface area contributed by atoms with Gasteiger partial charge in [0.25, 0.3) is 5.91 Å². The molecular formula is C17H21FN2O2S. The zero-order valence-corrected chi connectivity index (χ0v) is 14.0. The van der Waals surface area contributed by atoms with Gasteiger partial charge in [-0.25, -0.2) is 9.18 Å². The van der Waals surface area contributed by atoms with Gasteiger partial charge in [-0.2, -0.15) is 0 Å². The van der Waals surface area contributed by atoms with Crippen molar-refractivity contribution in [2.45, 2.75) is 43.0 Å². The third-order valence-electron chi connectivity index (χ3n) is 4.91. The molecule has 4 nitrogen and oxygen atoms in total. The Bertz CT molecular complexity index is 624. The minimum absolute atomic E-state index is 0.108. The SMILES string of the molecule is C[C@H]1CCCC[C@@]12NC(=O)N(CCSc1ccccc1F)C2=O. The van der Waals surface area contributed by atoms with E-state index in [0.29, 0.717) is 17.2 Å². The van der Waals surface area contributed by atoms with E-state index < -0.39 is 5.54 Å². The molecule has 2 fully saturated rings. The summed E-state index contributed by atoms with van der Waals surface area (Å²) in [6.45, 7) is 2.34. The van der Waals surface area contributed by atoms with Gasteiger partial charge in [-0.1, -0.05) is 31.9 Å². The Labute approximate surface area is 139 Å². The van der Waals surface area contributed by atoms with Gasteiger partial charge in [-0.05, 0) is 30.9 Å². The van der Waals surface area contributed by atoms with Crippen molar-refractivity contribution in [2.24, 2.45) is 5.92 Å². The van der Waals surface area contributed by atoms with E-state index in [9.17, 15) is 14.0 Å². The average Bonchev–Trinajstić information content (AvgIpc) is 2.77. The lowest BCUT2D eigenvalue weighted by Crippen LogP contribution is -2.54. The number of rotatable bonds is 4. The van der Waals surface area contributed by atoms with Crippen LogP contribution in [0.5, 0.6) is 0 Å². The highest BCUT2D eigenvalue weighted by atomic mass is 32.2. The molecule has 3 rings (SSSR count). The monoisotopic (exact) mass is 336 g/mol. The fourth-order valence-electron chi connectivity index (χ4n) is 3.51. The summed E-state index contributed by atoms with van der Waals surface area (Å²) in [4.78, 5) is 26.8. The van der Waals surface area contributed by atoms with Crippen LogP contribution in [0.2, 0.25) is 0 Å². The van der Waals surface area contributed by atoms with Crippen molar-refractivity contribution < 1.29 is 14.0 Å². The maximum atomic E-state index is 13.6. The number of nitrogens with one attached hydrogen (secondary N) is 1. The number of urea groups is 1. The summed E-state index contributed by atoms with van der Waals surface area (Å²) in [6, 6.07) is 6.23. The molecule has 1 aromatic rings. The second-order valence-electron chi connectivity index (χ2n) is 6.28. The molecule has 1 aromatic carbocycles.